The van der Waals surface area contributed by atoms with E-state index in [-0.39, 0.29) is 18.1 Å². The number of anilines is 1. The lowest BCUT2D eigenvalue weighted by Gasteiger charge is -2.23. The summed E-state index contributed by atoms with van der Waals surface area (Å²) in [5.74, 6) is 0.714. The lowest BCUT2D eigenvalue weighted by molar-refractivity contribution is -0.116. The number of thioether (sulfide) groups is 1. The second-order valence-corrected chi connectivity index (χ2v) is 6.44. The number of nitrogens with zero attached hydrogens (tertiary/aromatic N) is 3. The van der Waals surface area contributed by atoms with E-state index in [2.05, 4.69) is 16.0 Å². The van der Waals surface area contributed by atoms with Crippen LogP contribution in [0.2, 0.25) is 0 Å². The molecule has 0 radical (unpaired) electrons. The number of nitrogens with one attached hydrogen (secondary N) is 1. The van der Waals surface area contributed by atoms with Crippen molar-refractivity contribution in [3.63, 3.8) is 0 Å². The van der Waals surface area contributed by atoms with E-state index >= 15 is 0 Å². The average molecular weight is 366 g/mol. The third-order valence-corrected chi connectivity index (χ3v) is 4.68. The number of amides is 1. The molecule has 1 amide bonds. The van der Waals surface area contributed by atoms with Crippen molar-refractivity contribution in [1.82, 2.24) is 9.97 Å². The van der Waals surface area contributed by atoms with Crippen molar-refractivity contribution in [2.75, 3.05) is 24.3 Å². The van der Waals surface area contributed by atoms with Crippen molar-refractivity contribution in [2.45, 2.75) is 11.6 Å². The maximum Gasteiger partial charge on any atom is 0.237 e. The number of H-pyrrole nitrogens is 1. The highest BCUT2D eigenvalue weighted by molar-refractivity contribution is 7.99. The summed E-state index contributed by atoms with van der Waals surface area (Å²) in [6, 6.07) is 17.1. The van der Waals surface area contributed by atoms with Gasteiger partial charge in [-0.25, -0.2) is 4.98 Å². The highest BCUT2D eigenvalue weighted by atomic mass is 32.2. The molecule has 3 aromatic rings. The Labute approximate surface area is 155 Å². The standard InChI is InChI=1S/C19H18N4O2S/c1-25-17-10-5-4-9-16(17)23(12-6-11-20)18(24)13-26-19-21-14-7-2-3-8-15(14)22-19/h2-5,7-10H,6,12-13H2,1H3,(H,21,22). The van der Waals surface area contributed by atoms with E-state index < -0.39 is 0 Å². The van der Waals surface area contributed by atoms with Crippen molar-refractivity contribution < 1.29 is 9.53 Å². The molecule has 6 nitrogen and oxygen atoms in total. The second kappa shape index (κ2) is 8.41. The van der Waals surface area contributed by atoms with Gasteiger partial charge in [0.05, 0.1) is 42.1 Å². The number of methoxy groups -OCH3 is 1. The molecule has 7 heteroatoms. The number of imidazole rings is 1. The van der Waals surface area contributed by atoms with Gasteiger partial charge in [-0.15, -0.1) is 0 Å². The smallest absolute Gasteiger partial charge is 0.237 e. The third-order valence-electron chi connectivity index (χ3n) is 3.82. The number of para-hydroxylation sites is 4. The predicted octanol–water partition coefficient (Wildman–Crippen LogP) is 3.61. The van der Waals surface area contributed by atoms with E-state index in [0.29, 0.717) is 23.1 Å². The zero-order valence-electron chi connectivity index (χ0n) is 14.3. The van der Waals surface area contributed by atoms with Gasteiger partial charge in [-0.05, 0) is 24.3 Å². The Morgan fingerprint density at radius 1 is 1.27 bits per heavy atom. The number of ether oxygens (including phenoxy) is 1. The number of carbonyl (C=O) groups excluding carboxylic acids is 1. The predicted molar refractivity (Wildman–Crippen MR) is 102 cm³/mol. The summed E-state index contributed by atoms with van der Waals surface area (Å²) < 4.78 is 5.36. The summed E-state index contributed by atoms with van der Waals surface area (Å²) in [4.78, 5) is 22.1. The van der Waals surface area contributed by atoms with E-state index in [4.69, 9.17) is 10.00 Å². The Balaban J connectivity index is 1.76. The van der Waals surface area contributed by atoms with Crippen LogP contribution in [0, 0.1) is 11.3 Å². The van der Waals surface area contributed by atoms with Gasteiger partial charge in [0.2, 0.25) is 5.91 Å². The van der Waals surface area contributed by atoms with Gasteiger partial charge in [-0.3, -0.25) is 4.79 Å². The van der Waals surface area contributed by atoms with Crippen LogP contribution in [-0.2, 0) is 4.79 Å². The first-order valence-corrected chi connectivity index (χ1v) is 9.09. The van der Waals surface area contributed by atoms with Crippen LogP contribution < -0.4 is 9.64 Å². The first kappa shape index (κ1) is 17.8. The fourth-order valence-electron chi connectivity index (χ4n) is 2.60. The minimum Gasteiger partial charge on any atom is -0.495 e. The molecule has 26 heavy (non-hydrogen) atoms. The maximum absolute atomic E-state index is 12.8. The topological polar surface area (TPSA) is 82.0 Å². The molecular formula is C19H18N4O2S. The molecule has 2 aromatic carbocycles. The summed E-state index contributed by atoms with van der Waals surface area (Å²) in [7, 11) is 1.56. The van der Waals surface area contributed by atoms with Gasteiger partial charge in [-0.1, -0.05) is 36.0 Å². The van der Waals surface area contributed by atoms with Crippen LogP contribution in [0.25, 0.3) is 11.0 Å². The van der Waals surface area contributed by atoms with Crippen LogP contribution in [-0.4, -0.2) is 35.3 Å². The number of aromatic amines is 1. The first-order valence-electron chi connectivity index (χ1n) is 8.11. The molecule has 132 valence electrons. The highest BCUT2D eigenvalue weighted by Crippen LogP contribution is 2.29. The van der Waals surface area contributed by atoms with Crippen LogP contribution in [0.1, 0.15) is 6.42 Å². The minimum atomic E-state index is -0.102. The van der Waals surface area contributed by atoms with Gasteiger partial charge >= 0.3 is 0 Å². The number of benzene rings is 2. The zero-order valence-corrected chi connectivity index (χ0v) is 15.1. The first-order chi connectivity index (χ1) is 12.7. The van der Waals surface area contributed by atoms with Gasteiger partial charge in [0.25, 0.3) is 0 Å². The molecule has 0 fully saturated rings. The van der Waals surface area contributed by atoms with Gasteiger partial charge in [0.15, 0.2) is 5.16 Å². The summed E-state index contributed by atoms with van der Waals surface area (Å²) in [5.41, 5.74) is 2.47. The molecule has 0 atom stereocenters. The van der Waals surface area contributed by atoms with E-state index in [0.717, 1.165) is 11.0 Å². The maximum atomic E-state index is 12.8. The van der Waals surface area contributed by atoms with E-state index in [1.54, 1.807) is 18.1 Å². The molecule has 3 rings (SSSR count). The Morgan fingerprint density at radius 2 is 2.04 bits per heavy atom. The number of carbonyl (C=O) groups is 1. The summed E-state index contributed by atoms with van der Waals surface area (Å²) in [5, 5.41) is 9.61. The van der Waals surface area contributed by atoms with Crippen molar-refractivity contribution in [3.05, 3.63) is 48.5 Å². The number of hydrogen-bond donors (Lipinski definition) is 1. The average Bonchev–Trinajstić information content (AvgIpc) is 3.10. The highest BCUT2D eigenvalue weighted by Gasteiger charge is 2.19. The molecule has 0 aliphatic heterocycles. The fourth-order valence-corrected chi connectivity index (χ4v) is 3.36. The van der Waals surface area contributed by atoms with Gasteiger partial charge in [0, 0.05) is 6.54 Å². The van der Waals surface area contributed by atoms with Gasteiger partial charge < -0.3 is 14.6 Å². The van der Waals surface area contributed by atoms with E-state index in [9.17, 15) is 4.79 Å². The molecule has 0 spiro atoms. The minimum absolute atomic E-state index is 0.102. The van der Waals surface area contributed by atoms with Crippen molar-refractivity contribution in [2.24, 2.45) is 0 Å². The van der Waals surface area contributed by atoms with Crippen LogP contribution in [0.4, 0.5) is 5.69 Å². The molecule has 1 heterocycles. The molecule has 0 bridgehead atoms. The number of hydrogen-bond acceptors (Lipinski definition) is 5. The Morgan fingerprint density at radius 3 is 2.81 bits per heavy atom. The van der Waals surface area contributed by atoms with E-state index in [1.165, 1.54) is 11.8 Å². The lowest BCUT2D eigenvalue weighted by atomic mass is 10.2. The molecule has 0 aliphatic carbocycles. The number of rotatable bonds is 7. The molecule has 1 N–H and O–H groups in total. The second-order valence-electron chi connectivity index (χ2n) is 5.47. The summed E-state index contributed by atoms with van der Waals surface area (Å²) >= 11 is 1.34. The largest absolute Gasteiger partial charge is 0.495 e. The van der Waals surface area contributed by atoms with Crippen LogP contribution in [0.15, 0.2) is 53.7 Å². The van der Waals surface area contributed by atoms with Crippen molar-refractivity contribution >= 4 is 34.4 Å². The van der Waals surface area contributed by atoms with Crippen LogP contribution >= 0.6 is 11.8 Å². The molecule has 0 saturated heterocycles. The van der Waals surface area contributed by atoms with Gasteiger partial charge in [-0.2, -0.15) is 5.26 Å². The zero-order chi connectivity index (χ0) is 18.4. The third kappa shape index (κ3) is 3.98. The van der Waals surface area contributed by atoms with Crippen LogP contribution in [0.5, 0.6) is 5.75 Å². The van der Waals surface area contributed by atoms with Crippen molar-refractivity contribution in [3.8, 4) is 11.8 Å². The molecule has 0 aliphatic rings. The number of nitriles is 1. The van der Waals surface area contributed by atoms with Crippen LogP contribution in [0.3, 0.4) is 0 Å². The molecule has 0 saturated carbocycles. The lowest BCUT2D eigenvalue weighted by Crippen LogP contribution is -2.33. The summed E-state index contributed by atoms with van der Waals surface area (Å²) in [6.07, 6.45) is 0.249. The Bertz CT molecular complexity index is 915. The normalized spacial score (nSPS) is 10.5. The Kier molecular flexibility index (Phi) is 5.77. The number of fused-ring (bicyclic) bond motifs is 1. The Hall–Kier alpha value is -2.98. The fraction of sp³-hybridized carbons (Fsp3) is 0.211. The SMILES string of the molecule is COc1ccccc1N(CCC#N)C(=O)CSc1nc2ccccc2[nH]1. The monoisotopic (exact) mass is 366 g/mol. The number of aromatic nitrogens is 2. The quantitative estimate of drug-likeness (QED) is 0.646. The molecular weight excluding hydrogens is 348 g/mol. The van der Waals surface area contributed by atoms with E-state index in [1.807, 2.05) is 42.5 Å². The van der Waals surface area contributed by atoms with Crippen molar-refractivity contribution in [1.29, 1.82) is 5.26 Å². The molecule has 0 unspecified atom stereocenters. The molecule has 1 aromatic heterocycles. The van der Waals surface area contributed by atoms with Gasteiger partial charge in [0.1, 0.15) is 5.75 Å². The summed E-state index contributed by atoms with van der Waals surface area (Å²) in [6.45, 7) is 0.316.